The summed E-state index contributed by atoms with van der Waals surface area (Å²) in [6, 6.07) is 18.4. The summed E-state index contributed by atoms with van der Waals surface area (Å²) in [7, 11) is -5.67. The van der Waals surface area contributed by atoms with Crippen LogP contribution in [0.2, 0.25) is 0 Å². The van der Waals surface area contributed by atoms with Gasteiger partial charge in [-0.2, -0.15) is 25.2 Å². The molecular weight excluding hydrogens is 481 g/mol. The fourth-order valence-corrected chi connectivity index (χ4v) is 8.10. The first-order chi connectivity index (χ1) is 15.6. The molecule has 0 aliphatic heterocycles. The highest BCUT2D eigenvalue weighted by Gasteiger charge is 2.53. The minimum atomic E-state index is -6.07. The molecule has 6 nitrogen and oxygen atoms in total. The van der Waals surface area contributed by atoms with E-state index in [1.807, 2.05) is 0 Å². The van der Waals surface area contributed by atoms with Crippen LogP contribution >= 0.6 is 10.3 Å². The Hall–Kier alpha value is -2.89. The Balaban J connectivity index is 2.55. The van der Waals surface area contributed by atoms with E-state index in [2.05, 4.69) is 0 Å². The Morgan fingerprint density at radius 3 is 1.45 bits per heavy atom. The highest BCUT2D eigenvalue weighted by atomic mass is 32.3. The maximum absolute atomic E-state index is 13.6. The van der Waals surface area contributed by atoms with Gasteiger partial charge in [0.05, 0.1) is 21.3 Å². The number of hydrogen-bond donors (Lipinski definition) is 0. The van der Waals surface area contributed by atoms with Crippen molar-refractivity contribution in [3.8, 4) is 17.2 Å². The summed E-state index contributed by atoms with van der Waals surface area (Å²) in [4.78, 5) is 0.370. The molecule has 3 aromatic carbocycles. The number of hydrogen-bond acceptors (Lipinski definition) is 6. The summed E-state index contributed by atoms with van der Waals surface area (Å²) < 4.78 is 87.2. The van der Waals surface area contributed by atoms with Crippen LogP contribution in [0.4, 0.5) is 13.2 Å². The van der Waals surface area contributed by atoms with Gasteiger partial charge >= 0.3 is 15.6 Å². The Kier molecular flexibility index (Phi) is 7.15. The lowest BCUT2D eigenvalue weighted by Gasteiger charge is -2.40. The Morgan fingerprint density at radius 2 is 1.12 bits per heavy atom. The Labute approximate surface area is 191 Å². The van der Waals surface area contributed by atoms with Gasteiger partial charge in [-0.3, -0.25) is 0 Å². The average Bonchev–Trinajstić information content (AvgIpc) is 2.82. The SMILES string of the molecule is COc1cc(OC)c(S(OS(=O)(=O)C(F)(F)F)(c2ccccc2)c2ccccc2)c(OC)c1. The highest BCUT2D eigenvalue weighted by molar-refractivity contribution is 8.33. The fraction of sp³-hybridized carbons (Fsp3) is 0.182. The van der Waals surface area contributed by atoms with Crippen LogP contribution in [0.25, 0.3) is 0 Å². The van der Waals surface area contributed by atoms with E-state index in [4.69, 9.17) is 17.8 Å². The monoisotopic (exact) mass is 502 g/mol. The molecule has 0 atom stereocenters. The molecule has 0 N–H and O–H groups in total. The second-order valence-corrected chi connectivity index (χ2v) is 10.9. The standard InChI is InChI=1S/C22H21F3O6S2/c1-28-16-14-19(29-2)21(20(15-16)30-3)32(17-10-6-4-7-11-17,18-12-8-5-9-13-18)31-33(26,27)22(23,24)25/h4-15H,1-3H3. The van der Waals surface area contributed by atoms with Gasteiger partial charge < -0.3 is 14.2 Å². The first kappa shape index (κ1) is 24.7. The molecule has 0 spiro atoms. The summed E-state index contributed by atoms with van der Waals surface area (Å²) >= 11 is 0. The van der Waals surface area contributed by atoms with Crippen molar-refractivity contribution >= 4 is 20.4 Å². The van der Waals surface area contributed by atoms with E-state index in [1.54, 1.807) is 36.4 Å². The summed E-state index contributed by atoms with van der Waals surface area (Å²) in [6.07, 6.45) is 0. The van der Waals surface area contributed by atoms with Crippen LogP contribution in [-0.2, 0) is 13.7 Å². The van der Waals surface area contributed by atoms with E-state index in [-0.39, 0.29) is 26.2 Å². The van der Waals surface area contributed by atoms with E-state index in [9.17, 15) is 21.6 Å². The first-order valence-corrected chi connectivity index (χ1v) is 12.3. The van der Waals surface area contributed by atoms with E-state index in [0.717, 1.165) is 0 Å². The molecule has 11 heteroatoms. The third kappa shape index (κ3) is 4.61. The summed E-state index contributed by atoms with van der Waals surface area (Å²) in [6.45, 7) is 0. The second-order valence-electron chi connectivity index (χ2n) is 6.51. The molecule has 0 saturated carbocycles. The van der Waals surface area contributed by atoms with Gasteiger partial charge in [0.2, 0.25) is 0 Å². The summed E-state index contributed by atoms with van der Waals surface area (Å²) in [5.74, 6) is 0.359. The van der Waals surface area contributed by atoms with Crippen molar-refractivity contribution in [2.24, 2.45) is 0 Å². The van der Waals surface area contributed by atoms with Crippen LogP contribution < -0.4 is 14.2 Å². The first-order valence-electron chi connectivity index (χ1n) is 9.36. The van der Waals surface area contributed by atoms with Gasteiger partial charge in [-0.25, -0.2) is 0 Å². The molecule has 3 rings (SSSR count). The predicted octanol–water partition coefficient (Wildman–Crippen LogP) is 5.78. The number of methoxy groups -OCH3 is 3. The van der Waals surface area contributed by atoms with Gasteiger partial charge in [0, 0.05) is 21.9 Å². The highest BCUT2D eigenvalue weighted by Crippen LogP contribution is 2.74. The molecule has 0 radical (unpaired) electrons. The maximum atomic E-state index is 13.6. The third-order valence-electron chi connectivity index (χ3n) is 4.58. The van der Waals surface area contributed by atoms with Gasteiger partial charge in [-0.15, -0.1) is 0 Å². The van der Waals surface area contributed by atoms with Crippen molar-refractivity contribution in [1.29, 1.82) is 0 Å². The van der Waals surface area contributed by atoms with Crippen molar-refractivity contribution in [3.63, 3.8) is 0 Å². The zero-order valence-electron chi connectivity index (χ0n) is 17.8. The van der Waals surface area contributed by atoms with Crippen LogP contribution in [0.3, 0.4) is 0 Å². The van der Waals surface area contributed by atoms with Gasteiger partial charge in [0.25, 0.3) is 0 Å². The maximum Gasteiger partial charge on any atom is 0.524 e. The molecule has 33 heavy (non-hydrogen) atoms. The van der Waals surface area contributed by atoms with Gasteiger partial charge in [0.15, 0.2) is 0 Å². The van der Waals surface area contributed by atoms with Crippen LogP contribution in [-0.4, -0.2) is 35.3 Å². The number of alkyl halides is 3. The number of rotatable bonds is 8. The number of benzene rings is 3. The minimum absolute atomic E-state index is 0.00137. The average molecular weight is 503 g/mol. The number of halogens is 3. The zero-order valence-corrected chi connectivity index (χ0v) is 19.5. The van der Waals surface area contributed by atoms with E-state index >= 15 is 0 Å². The summed E-state index contributed by atoms with van der Waals surface area (Å²) in [5, 5.41) is 0. The minimum Gasteiger partial charge on any atom is -0.496 e. The molecule has 0 bridgehead atoms. The molecular formula is C22H21F3O6S2. The second kappa shape index (κ2) is 9.54. The normalized spacial score (nSPS) is 12.8. The van der Waals surface area contributed by atoms with Crippen LogP contribution in [0.1, 0.15) is 0 Å². The molecule has 0 aliphatic rings. The van der Waals surface area contributed by atoms with E-state index in [1.165, 1.54) is 57.7 Å². The zero-order chi connectivity index (χ0) is 24.3. The van der Waals surface area contributed by atoms with Crippen molar-refractivity contribution in [1.82, 2.24) is 0 Å². The van der Waals surface area contributed by atoms with Crippen molar-refractivity contribution < 1.29 is 39.4 Å². The predicted molar refractivity (Wildman–Crippen MR) is 117 cm³/mol. The Bertz CT molecular complexity index is 1140. The van der Waals surface area contributed by atoms with Crippen LogP contribution in [0, 0.1) is 0 Å². The van der Waals surface area contributed by atoms with E-state index in [0.29, 0.717) is 5.75 Å². The van der Waals surface area contributed by atoms with Crippen LogP contribution in [0.5, 0.6) is 17.2 Å². The lowest BCUT2D eigenvalue weighted by molar-refractivity contribution is -0.0496. The van der Waals surface area contributed by atoms with Crippen molar-refractivity contribution in [2.75, 3.05) is 21.3 Å². The fourth-order valence-electron chi connectivity index (χ4n) is 3.14. The Morgan fingerprint density at radius 1 is 0.697 bits per heavy atom. The molecule has 0 fully saturated rings. The number of ether oxygens (including phenoxy) is 3. The van der Waals surface area contributed by atoms with Crippen molar-refractivity contribution in [2.45, 2.75) is 20.2 Å². The summed E-state index contributed by atoms with van der Waals surface area (Å²) in [5.41, 5.74) is -5.66. The van der Waals surface area contributed by atoms with Gasteiger partial charge in [-0.1, -0.05) is 36.4 Å². The topological polar surface area (TPSA) is 71.1 Å². The molecule has 0 aliphatic carbocycles. The van der Waals surface area contributed by atoms with E-state index < -0.39 is 25.9 Å². The van der Waals surface area contributed by atoms with Crippen LogP contribution in [0.15, 0.2) is 87.5 Å². The molecule has 0 unspecified atom stereocenters. The molecule has 0 amide bonds. The van der Waals surface area contributed by atoms with Crippen molar-refractivity contribution in [3.05, 3.63) is 72.8 Å². The quantitative estimate of drug-likeness (QED) is 0.364. The van der Waals surface area contributed by atoms with Gasteiger partial charge in [-0.05, 0) is 34.6 Å². The molecule has 0 saturated heterocycles. The lowest BCUT2D eigenvalue weighted by atomic mass is 10.3. The molecule has 0 heterocycles. The molecule has 178 valence electrons. The van der Waals surface area contributed by atoms with Gasteiger partial charge in [0.1, 0.15) is 22.1 Å². The largest absolute Gasteiger partial charge is 0.524 e. The smallest absolute Gasteiger partial charge is 0.496 e. The third-order valence-corrected chi connectivity index (χ3v) is 9.53. The lowest BCUT2D eigenvalue weighted by Crippen LogP contribution is -2.27. The molecule has 0 aromatic heterocycles. The molecule has 3 aromatic rings.